The topological polar surface area (TPSA) is 76.0 Å². The van der Waals surface area contributed by atoms with E-state index >= 15 is 0 Å². The Bertz CT molecular complexity index is 787. The first-order valence-corrected chi connectivity index (χ1v) is 11.3. The standard InChI is InChI=1S/C24H36N6O/c1-3-25-24(28-18-22(19-31)21-8-6-5-7-9-21)27-17-20-10-11-23(26-16-20)30-14-12-29(4-2)13-15-30/h5-11,16,22,31H,3-4,12-15,17-19H2,1-2H3,(H2,25,27,28). The summed E-state index contributed by atoms with van der Waals surface area (Å²) >= 11 is 0. The predicted octanol–water partition coefficient (Wildman–Crippen LogP) is 2.05. The molecule has 3 N–H and O–H groups in total. The monoisotopic (exact) mass is 424 g/mol. The van der Waals surface area contributed by atoms with Gasteiger partial charge in [0.15, 0.2) is 5.96 Å². The quantitative estimate of drug-likeness (QED) is 0.423. The second-order valence-electron chi connectivity index (χ2n) is 7.81. The molecule has 1 aliphatic rings. The Kier molecular flexibility index (Phi) is 9.12. The van der Waals surface area contributed by atoms with Crippen LogP contribution in [-0.2, 0) is 6.54 Å². The fraction of sp³-hybridized carbons (Fsp3) is 0.500. The van der Waals surface area contributed by atoms with Gasteiger partial charge in [-0.25, -0.2) is 9.98 Å². The van der Waals surface area contributed by atoms with Gasteiger partial charge in [0, 0.05) is 51.4 Å². The number of aliphatic hydroxyl groups is 1. The number of aromatic nitrogens is 1. The lowest BCUT2D eigenvalue weighted by molar-refractivity contribution is 0.265. The predicted molar refractivity (Wildman–Crippen MR) is 128 cm³/mol. The number of aliphatic imine (C=N–C) groups is 1. The summed E-state index contributed by atoms with van der Waals surface area (Å²) in [6.45, 7) is 11.7. The van der Waals surface area contributed by atoms with E-state index in [2.05, 4.69) is 44.5 Å². The van der Waals surface area contributed by atoms with Gasteiger partial charge in [-0.1, -0.05) is 43.3 Å². The minimum absolute atomic E-state index is 0.0270. The summed E-state index contributed by atoms with van der Waals surface area (Å²) < 4.78 is 0. The molecule has 2 heterocycles. The van der Waals surface area contributed by atoms with E-state index in [4.69, 9.17) is 4.99 Å². The summed E-state index contributed by atoms with van der Waals surface area (Å²) in [4.78, 5) is 14.2. The second kappa shape index (κ2) is 12.3. The van der Waals surface area contributed by atoms with Gasteiger partial charge in [0.25, 0.3) is 0 Å². The van der Waals surface area contributed by atoms with E-state index in [-0.39, 0.29) is 12.5 Å². The zero-order valence-electron chi connectivity index (χ0n) is 18.8. The van der Waals surface area contributed by atoms with Crippen LogP contribution in [0.3, 0.4) is 0 Å². The van der Waals surface area contributed by atoms with E-state index in [9.17, 15) is 5.11 Å². The van der Waals surface area contributed by atoms with Crippen molar-refractivity contribution in [2.75, 3.05) is 57.3 Å². The minimum Gasteiger partial charge on any atom is -0.396 e. The van der Waals surface area contributed by atoms with Crippen molar-refractivity contribution in [2.45, 2.75) is 26.3 Å². The molecule has 3 rings (SSSR count). The Balaban J connectivity index is 1.55. The molecule has 0 saturated carbocycles. The van der Waals surface area contributed by atoms with E-state index in [1.165, 1.54) is 0 Å². The summed E-state index contributed by atoms with van der Waals surface area (Å²) in [5.74, 6) is 1.82. The van der Waals surface area contributed by atoms with Gasteiger partial charge in [-0.3, -0.25) is 0 Å². The van der Waals surface area contributed by atoms with E-state index < -0.39 is 0 Å². The highest BCUT2D eigenvalue weighted by atomic mass is 16.3. The summed E-state index contributed by atoms with van der Waals surface area (Å²) in [6, 6.07) is 14.3. The molecular formula is C24H36N6O. The molecule has 31 heavy (non-hydrogen) atoms. The maximum absolute atomic E-state index is 9.78. The molecule has 1 aromatic heterocycles. The molecule has 1 atom stereocenters. The molecule has 168 valence electrons. The summed E-state index contributed by atoms with van der Waals surface area (Å²) in [6.07, 6.45) is 1.93. The van der Waals surface area contributed by atoms with Gasteiger partial charge in [0.05, 0.1) is 13.2 Å². The molecule has 1 fully saturated rings. The average Bonchev–Trinajstić information content (AvgIpc) is 2.84. The molecule has 2 aromatic rings. The van der Waals surface area contributed by atoms with Gasteiger partial charge in [0.1, 0.15) is 5.82 Å². The largest absolute Gasteiger partial charge is 0.396 e. The third-order valence-electron chi connectivity index (χ3n) is 5.72. The van der Waals surface area contributed by atoms with Crippen molar-refractivity contribution in [3.05, 3.63) is 59.8 Å². The number of nitrogens with one attached hydrogen (secondary N) is 2. The first kappa shape index (κ1) is 23.0. The van der Waals surface area contributed by atoms with Gasteiger partial charge < -0.3 is 25.5 Å². The van der Waals surface area contributed by atoms with Crippen molar-refractivity contribution >= 4 is 11.8 Å². The number of anilines is 1. The van der Waals surface area contributed by atoms with Crippen molar-refractivity contribution < 1.29 is 5.11 Å². The van der Waals surface area contributed by atoms with E-state index in [0.717, 1.165) is 62.2 Å². The minimum atomic E-state index is 0.0270. The maximum Gasteiger partial charge on any atom is 0.191 e. The first-order valence-electron chi connectivity index (χ1n) is 11.3. The van der Waals surface area contributed by atoms with Crippen LogP contribution in [0.4, 0.5) is 5.82 Å². The second-order valence-corrected chi connectivity index (χ2v) is 7.81. The number of likely N-dealkylation sites (N-methyl/N-ethyl adjacent to an activating group) is 1. The van der Waals surface area contributed by atoms with Crippen LogP contribution in [0.2, 0.25) is 0 Å². The van der Waals surface area contributed by atoms with Crippen molar-refractivity contribution in [2.24, 2.45) is 4.99 Å². The average molecular weight is 425 g/mol. The Morgan fingerprint density at radius 2 is 1.84 bits per heavy atom. The Hall–Kier alpha value is -2.64. The van der Waals surface area contributed by atoms with E-state index in [1.807, 2.05) is 43.5 Å². The zero-order valence-corrected chi connectivity index (χ0v) is 18.8. The molecule has 0 aliphatic carbocycles. The van der Waals surface area contributed by atoms with Crippen LogP contribution >= 0.6 is 0 Å². The van der Waals surface area contributed by atoms with E-state index in [0.29, 0.717) is 13.1 Å². The third kappa shape index (κ3) is 6.94. The first-order chi connectivity index (χ1) is 15.2. The Labute approximate surface area is 186 Å². The molecule has 1 aromatic carbocycles. The number of hydrogen-bond donors (Lipinski definition) is 3. The lowest BCUT2D eigenvalue weighted by Crippen LogP contribution is -2.46. The molecule has 7 nitrogen and oxygen atoms in total. The normalized spacial score (nSPS) is 16.2. The number of aliphatic hydroxyl groups excluding tert-OH is 1. The number of guanidine groups is 1. The number of rotatable bonds is 9. The lowest BCUT2D eigenvalue weighted by Gasteiger charge is -2.34. The van der Waals surface area contributed by atoms with E-state index in [1.54, 1.807) is 0 Å². The van der Waals surface area contributed by atoms with Crippen molar-refractivity contribution in [1.29, 1.82) is 0 Å². The maximum atomic E-state index is 9.78. The molecule has 1 unspecified atom stereocenters. The van der Waals surface area contributed by atoms with Crippen LogP contribution in [0.5, 0.6) is 0 Å². The van der Waals surface area contributed by atoms with Gasteiger partial charge in [-0.05, 0) is 30.7 Å². The number of nitrogens with zero attached hydrogens (tertiary/aromatic N) is 4. The smallest absolute Gasteiger partial charge is 0.191 e. The van der Waals surface area contributed by atoms with Crippen molar-refractivity contribution in [3.8, 4) is 0 Å². The molecule has 0 bridgehead atoms. The molecule has 1 aliphatic heterocycles. The number of benzene rings is 1. The van der Waals surface area contributed by atoms with Crippen LogP contribution in [0.25, 0.3) is 0 Å². The highest BCUT2D eigenvalue weighted by Crippen LogP contribution is 2.15. The molecule has 7 heteroatoms. The van der Waals surface area contributed by atoms with Gasteiger partial charge >= 0.3 is 0 Å². The third-order valence-corrected chi connectivity index (χ3v) is 5.72. The molecule has 0 spiro atoms. The van der Waals surface area contributed by atoms with Crippen molar-refractivity contribution in [1.82, 2.24) is 20.5 Å². The van der Waals surface area contributed by atoms with Crippen molar-refractivity contribution in [3.63, 3.8) is 0 Å². The number of hydrogen-bond acceptors (Lipinski definition) is 5. The van der Waals surface area contributed by atoms with Crippen LogP contribution in [0.1, 0.15) is 30.9 Å². The Morgan fingerprint density at radius 1 is 1.06 bits per heavy atom. The number of piperazine rings is 1. The summed E-state index contributed by atoms with van der Waals surface area (Å²) in [5, 5.41) is 16.4. The fourth-order valence-electron chi connectivity index (χ4n) is 3.74. The van der Waals surface area contributed by atoms with Crippen LogP contribution in [-0.4, -0.2) is 73.4 Å². The SMILES string of the molecule is CCNC(=NCc1ccc(N2CCN(CC)CC2)nc1)NCC(CO)c1ccccc1. The number of pyridine rings is 1. The summed E-state index contributed by atoms with van der Waals surface area (Å²) in [7, 11) is 0. The zero-order chi connectivity index (χ0) is 21.9. The van der Waals surface area contributed by atoms with Crippen LogP contribution in [0, 0.1) is 0 Å². The lowest BCUT2D eigenvalue weighted by atomic mass is 10.0. The molecule has 1 saturated heterocycles. The molecule has 0 radical (unpaired) electrons. The van der Waals surface area contributed by atoms with Gasteiger partial charge in [0.2, 0.25) is 0 Å². The molecular weight excluding hydrogens is 388 g/mol. The van der Waals surface area contributed by atoms with Gasteiger partial charge in [-0.15, -0.1) is 0 Å². The summed E-state index contributed by atoms with van der Waals surface area (Å²) in [5.41, 5.74) is 2.20. The highest BCUT2D eigenvalue weighted by Gasteiger charge is 2.16. The fourth-order valence-corrected chi connectivity index (χ4v) is 3.74. The highest BCUT2D eigenvalue weighted by molar-refractivity contribution is 5.79. The van der Waals surface area contributed by atoms with Crippen LogP contribution in [0.15, 0.2) is 53.7 Å². The Morgan fingerprint density at radius 3 is 2.45 bits per heavy atom. The van der Waals surface area contributed by atoms with Gasteiger partial charge in [-0.2, -0.15) is 0 Å². The van der Waals surface area contributed by atoms with Crippen LogP contribution < -0.4 is 15.5 Å². The molecule has 0 amide bonds.